The van der Waals surface area contributed by atoms with Crippen molar-refractivity contribution in [2.75, 3.05) is 0 Å². The lowest BCUT2D eigenvalue weighted by Crippen LogP contribution is -2.57. The van der Waals surface area contributed by atoms with Gasteiger partial charge in [0.15, 0.2) is 0 Å². The molecule has 0 saturated heterocycles. The summed E-state index contributed by atoms with van der Waals surface area (Å²) in [6.45, 7) is 6.49. The van der Waals surface area contributed by atoms with E-state index < -0.39 is 59.3 Å². The van der Waals surface area contributed by atoms with Crippen LogP contribution in [0.1, 0.15) is 96.1 Å². The first-order valence-electron chi connectivity index (χ1n) is 15.8. The van der Waals surface area contributed by atoms with E-state index in [1.807, 2.05) is 60.7 Å². The molecular formula is C35H47N3O7. The molecule has 244 valence electrons. The highest BCUT2D eigenvalue weighted by Gasteiger charge is 2.36. The molecule has 3 amide bonds. The molecule has 0 bridgehead atoms. The number of carbonyl (C=O) groups is 5. The van der Waals surface area contributed by atoms with Gasteiger partial charge in [-0.15, -0.1) is 0 Å². The molecule has 0 heterocycles. The number of amides is 3. The second kappa shape index (κ2) is 16.7. The Kier molecular flexibility index (Phi) is 13.1. The molecule has 3 rings (SSSR count). The molecule has 0 aliphatic heterocycles. The standard InChI is InChI=1S/C35H47N3O7/c1-23(39)36-31(30(25-16-10-6-11-17-25)26-18-12-7-13-19-26)33(42)37-27(20-21-29(40)45-35(2,3)4)32(41)38-28(34(43)44)22-24-14-8-5-9-15-24/h6-7,10-13,16-19,24,27-28,30-31H,5,8-9,14-15,20-22H2,1-4H3,(H,36,39)(H,37,42)(H,38,41)(H,43,44)/t27-,28-,31-/m0/s1. The van der Waals surface area contributed by atoms with Gasteiger partial charge in [-0.25, -0.2) is 4.79 Å². The van der Waals surface area contributed by atoms with E-state index >= 15 is 0 Å². The minimum atomic E-state index is -1.26. The van der Waals surface area contributed by atoms with Crippen LogP contribution in [0.15, 0.2) is 60.7 Å². The second-order valence-electron chi connectivity index (χ2n) is 12.8. The van der Waals surface area contributed by atoms with Crippen LogP contribution in [0.2, 0.25) is 0 Å². The summed E-state index contributed by atoms with van der Waals surface area (Å²) in [5.74, 6) is -3.95. The van der Waals surface area contributed by atoms with Gasteiger partial charge in [-0.05, 0) is 50.7 Å². The lowest BCUT2D eigenvalue weighted by Gasteiger charge is -2.30. The Balaban J connectivity index is 1.90. The predicted octanol–water partition coefficient (Wildman–Crippen LogP) is 4.47. The average Bonchev–Trinajstić information content (AvgIpc) is 2.99. The minimum absolute atomic E-state index is 0.129. The maximum absolute atomic E-state index is 14.1. The zero-order valence-electron chi connectivity index (χ0n) is 26.7. The Hall–Kier alpha value is -4.21. The first-order chi connectivity index (χ1) is 21.3. The largest absolute Gasteiger partial charge is 0.480 e. The van der Waals surface area contributed by atoms with Crippen molar-refractivity contribution in [3.8, 4) is 0 Å². The summed E-state index contributed by atoms with van der Waals surface area (Å²) in [5, 5.41) is 18.1. The molecule has 1 saturated carbocycles. The third-order valence-corrected chi connectivity index (χ3v) is 7.89. The fourth-order valence-corrected chi connectivity index (χ4v) is 5.85. The molecule has 0 radical (unpaired) electrons. The molecular weight excluding hydrogens is 574 g/mol. The Bertz CT molecular complexity index is 1250. The van der Waals surface area contributed by atoms with Gasteiger partial charge in [0, 0.05) is 19.3 Å². The van der Waals surface area contributed by atoms with Crippen molar-refractivity contribution >= 4 is 29.7 Å². The van der Waals surface area contributed by atoms with Crippen LogP contribution in [-0.2, 0) is 28.7 Å². The van der Waals surface area contributed by atoms with E-state index in [2.05, 4.69) is 16.0 Å². The summed E-state index contributed by atoms with van der Waals surface area (Å²) >= 11 is 0. The van der Waals surface area contributed by atoms with Crippen LogP contribution in [0, 0.1) is 5.92 Å². The van der Waals surface area contributed by atoms with Crippen LogP contribution in [0.25, 0.3) is 0 Å². The highest BCUT2D eigenvalue weighted by atomic mass is 16.6. The van der Waals surface area contributed by atoms with E-state index in [9.17, 15) is 29.1 Å². The van der Waals surface area contributed by atoms with Crippen molar-refractivity contribution in [2.45, 2.75) is 109 Å². The molecule has 0 spiro atoms. The van der Waals surface area contributed by atoms with Crippen LogP contribution in [0.4, 0.5) is 0 Å². The van der Waals surface area contributed by atoms with Crippen LogP contribution in [0.3, 0.4) is 0 Å². The van der Waals surface area contributed by atoms with Crippen molar-refractivity contribution in [1.29, 1.82) is 0 Å². The van der Waals surface area contributed by atoms with Crippen LogP contribution >= 0.6 is 0 Å². The number of carbonyl (C=O) groups excluding carboxylic acids is 4. The molecule has 10 heteroatoms. The Morgan fingerprint density at radius 3 is 1.82 bits per heavy atom. The van der Waals surface area contributed by atoms with Gasteiger partial charge in [0.05, 0.1) is 0 Å². The molecule has 45 heavy (non-hydrogen) atoms. The molecule has 1 aliphatic rings. The summed E-state index contributed by atoms with van der Waals surface area (Å²) in [7, 11) is 0. The first-order valence-corrected chi connectivity index (χ1v) is 15.8. The molecule has 1 aliphatic carbocycles. The Morgan fingerprint density at radius 2 is 1.33 bits per heavy atom. The van der Waals surface area contributed by atoms with E-state index in [-0.39, 0.29) is 25.2 Å². The molecule has 2 aromatic carbocycles. The van der Waals surface area contributed by atoms with Gasteiger partial charge in [-0.2, -0.15) is 0 Å². The SMILES string of the molecule is CC(=O)N[C@H](C(=O)N[C@@H](CCC(=O)OC(C)(C)C)C(=O)N[C@@H](CC1CCCCC1)C(=O)O)C(c1ccccc1)c1ccccc1. The van der Waals surface area contributed by atoms with Crippen molar-refractivity contribution in [3.05, 3.63) is 71.8 Å². The van der Waals surface area contributed by atoms with Crippen molar-refractivity contribution in [1.82, 2.24) is 16.0 Å². The fourth-order valence-electron chi connectivity index (χ4n) is 5.85. The minimum Gasteiger partial charge on any atom is -0.480 e. The van der Waals surface area contributed by atoms with E-state index in [1.54, 1.807) is 20.8 Å². The van der Waals surface area contributed by atoms with Gasteiger partial charge in [0.2, 0.25) is 17.7 Å². The maximum Gasteiger partial charge on any atom is 0.326 e. The lowest BCUT2D eigenvalue weighted by atomic mass is 9.84. The first kappa shape index (κ1) is 35.3. The molecule has 0 aromatic heterocycles. The number of hydrogen-bond acceptors (Lipinski definition) is 6. The fraction of sp³-hybridized carbons (Fsp3) is 0.514. The normalized spacial score (nSPS) is 15.8. The third-order valence-electron chi connectivity index (χ3n) is 7.89. The smallest absolute Gasteiger partial charge is 0.326 e. The van der Waals surface area contributed by atoms with E-state index in [0.717, 1.165) is 43.2 Å². The number of carboxylic acid groups (broad SMARTS) is 1. The number of nitrogens with one attached hydrogen (secondary N) is 3. The van der Waals surface area contributed by atoms with Crippen molar-refractivity contribution < 1.29 is 33.8 Å². The second-order valence-corrected chi connectivity index (χ2v) is 12.8. The van der Waals surface area contributed by atoms with Gasteiger partial charge >= 0.3 is 11.9 Å². The average molecular weight is 622 g/mol. The summed E-state index contributed by atoms with van der Waals surface area (Å²) < 4.78 is 5.41. The van der Waals surface area contributed by atoms with Gasteiger partial charge in [-0.1, -0.05) is 92.8 Å². The maximum atomic E-state index is 14.1. The molecule has 0 unspecified atom stereocenters. The highest BCUT2D eigenvalue weighted by molar-refractivity contribution is 5.94. The lowest BCUT2D eigenvalue weighted by molar-refractivity contribution is -0.155. The number of carboxylic acids is 1. The predicted molar refractivity (Wildman–Crippen MR) is 170 cm³/mol. The highest BCUT2D eigenvalue weighted by Crippen LogP contribution is 2.29. The van der Waals surface area contributed by atoms with Gasteiger partial charge < -0.3 is 25.8 Å². The molecule has 1 fully saturated rings. The van der Waals surface area contributed by atoms with Crippen LogP contribution < -0.4 is 16.0 Å². The van der Waals surface area contributed by atoms with Crippen molar-refractivity contribution in [3.63, 3.8) is 0 Å². The molecule has 10 nitrogen and oxygen atoms in total. The van der Waals surface area contributed by atoms with E-state index in [1.165, 1.54) is 6.92 Å². The summed E-state index contributed by atoms with van der Waals surface area (Å²) in [6, 6.07) is 14.9. The third kappa shape index (κ3) is 11.7. The monoisotopic (exact) mass is 621 g/mol. The molecule has 3 atom stereocenters. The zero-order chi connectivity index (χ0) is 33.0. The van der Waals surface area contributed by atoms with Crippen molar-refractivity contribution in [2.24, 2.45) is 5.92 Å². The van der Waals surface area contributed by atoms with Gasteiger partial charge in [0.1, 0.15) is 23.7 Å². The zero-order valence-corrected chi connectivity index (χ0v) is 26.7. The van der Waals surface area contributed by atoms with E-state index in [0.29, 0.717) is 0 Å². The number of hydrogen-bond donors (Lipinski definition) is 4. The number of ether oxygens (including phenoxy) is 1. The van der Waals surface area contributed by atoms with E-state index in [4.69, 9.17) is 4.74 Å². The topological polar surface area (TPSA) is 151 Å². The number of esters is 1. The number of aliphatic carboxylic acids is 1. The molecule has 2 aromatic rings. The summed E-state index contributed by atoms with van der Waals surface area (Å²) in [5.41, 5.74) is 0.790. The van der Waals surface area contributed by atoms with Crippen LogP contribution in [-0.4, -0.2) is 58.5 Å². The van der Waals surface area contributed by atoms with Gasteiger partial charge in [0.25, 0.3) is 0 Å². The molecule has 4 N–H and O–H groups in total. The van der Waals surface area contributed by atoms with Crippen LogP contribution in [0.5, 0.6) is 0 Å². The summed E-state index contributed by atoms with van der Waals surface area (Å²) in [4.78, 5) is 64.9. The number of rotatable bonds is 14. The Morgan fingerprint density at radius 1 is 0.800 bits per heavy atom. The summed E-state index contributed by atoms with van der Waals surface area (Å²) in [6.07, 6.45) is 4.92. The number of benzene rings is 2. The Labute approximate surface area is 265 Å². The quantitative estimate of drug-likeness (QED) is 0.227. The van der Waals surface area contributed by atoms with Gasteiger partial charge in [-0.3, -0.25) is 19.2 Å².